The smallest absolute Gasteiger partial charge is 0.225 e. The predicted octanol–water partition coefficient (Wildman–Crippen LogP) is 1.03. The molecule has 2 atom stereocenters. The predicted molar refractivity (Wildman–Crippen MR) is 49.3 cm³/mol. The van der Waals surface area contributed by atoms with E-state index in [0.29, 0.717) is 11.8 Å². The molecule has 0 N–H and O–H groups in total. The van der Waals surface area contributed by atoms with Crippen molar-refractivity contribution in [1.82, 2.24) is 4.90 Å². The SMILES string of the molecule is C[C@@H]1CN(C(=O)C2CC2)C[C@H](C)O1. The van der Waals surface area contributed by atoms with Crippen LogP contribution in [0, 0.1) is 5.92 Å². The van der Waals surface area contributed by atoms with Crippen LogP contribution in [0.25, 0.3) is 0 Å². The van der Waals surface area contributed by atoms with Crippen molar-refractivity contribution in [1.29, 1.82) is 0 Å². The summed E-state index contributed by atoms with van der Waals surface area (Å²) in [4.78, 5) is 13.7. The fraction of sp³-hybridized carbons (Fsp3) is 0.900. The Morgan fingerprint density at radius 3 is 2.23 bits per heavy atom. The summed E-state index contributed by atoms with van der Waals surface area (Å²) in [6, 6.07) is 0. The molecule has 3 nitrogen and oxygen atoms in total. The number of carbonyl (C=O) groups excluding carboxylic acids is 1. The minimum absolute atomic E-state index is 0.200. The van der Waals surface area contributed by atoms with Crippen LogP contribution in [0.15, 0.2) is 0 Å². The van der Waals surface area contributed by atoms with Gasteiger partial charge in [-0.1, -0.05) is 0 Å². The Morgan fingerprint density at radius 2 is 1.77 bits per heavy atom. The molecule has 3 heteroatoms. The Kier molecular flexibility index (Phi) is 2.28. The summed E-state index contributed by atoms with van der Waals surface area (Å²) >= 11 is 0. The van der Waals surface area contributed by atoms with Crippen molar-refractivity contribution >= 4 is 5.91 Å². The Balaban J connectivity index is 1.93. The lowest BCUT2D eigenvalue weighted by molar-refractivity contribution is -0.144. The molecule has 1 aliphatic heterocycles. The van der Waals surface area contributed by atoms with Crippen molar-refractivity contribution in [3.05, 3.63) is 0 Å². The lowest BCUT2D eigenvalue weighted by atomic mass is 10.2. The van der Waals surface area contributed by atoms with Crippen LogP contribution in [-0.4, -0.2) is 36.1 Å². The van der Waals surface area contributed by atoms with Crippen LogP contribution in [0.2, 0.25) is 0 Å². The first kappa shape index (κ1) is 9.00. The molecule has 0 bridgehead atoms. The quantitative estimate of drug-likeness (QED) is 0.607. The molecule has 0 radical (unpaired) electrons. The topological polar surface area (TPSA) is 29.5 Å². The van der Waals surface area contributed by atoms with Crippen LogP contribution in [0.4, 0.5) is 0 Å². The molecule has 2 fully saturated rings. The van der Waals surface area contributed by atoms with Crippen LogP contribution in [-0.2, 0) is 9.53 Å². The number of hydrogen-bond acceptors (Lipinski definition) is 2. The number of nitrogens with zero attached hydrogens (tertiary/aromatic N) is 1. The molecule has 13 heavy (non-hydrogen) atoms. The van der Waals surface area contributed by atoms with Gasteiger partial charge in [-0.25, -0.2) is 0 Å². The molecule has 1 heterocycles. The molecule has 0 aromatic carbocycles. The Morgan fingerprint density at radius 1 is 1.23 bits per heavy atom. The molecule has 0 unspecified atom stereocenters. The third-order valence-electron chi connectivity index (χ3n) is 2.66. The first-order chi connectivity index (χ1) is 6.16. The summed E-state index contributed by atoms with van der Waals surface area (Å²) in [6.45, 7) is 5.62. The van der Waals surface area contributed by atoms with E-state index >= 15 is 0 Å². The van der Waals surface area contributed by atoms with Gasteiger partial charge in [-0.2, -0.15) is 0 Å². The van der Waals surface area contributed by atoms with Gasteiger partial charge in [-0.3, -0.25) is 4.79 Å². The summed E-state index contributed by atoms with van der Waals surface area (Å²) in [6.07, 6.45) is 2.59. The van der Waals surface area contributed by atoms with Crippen LogP contribution < -0.4 is 0 Å². The maximum absolute atomic E-state index is 11.7. The number of hydrogen-bond donors (Lipinski definition) is 0. The van der Waals surface area contributed by atoms with Crippen molar-refractivity contribution in [3.63, 3.8) is 0 Å². The van der Waals surface area contributed by atoms with E-state index < -0.39 is 0 Å². The first-order valence-electron chi connectivity index (χ1n) is 5.11. The van der Waals surface area contributed by atoms with E-state index in [1.807, 2.05) is 18.7 Å². The highest BCUT2D eigenvalue weighted by atomic mass is 16.5. The van der Waals surface area contributed by atoms with E-state index in [1.165, 1.54) is 0 Å². The molecule has 2 rings (SSSR count). The molecule has 1 saturated carbocycles. The van der Waals surface area contributed by atoms with Gasteiger partial charge in [-0.05, 0) is 26.7 Å². The minimum Gasteiger partial charge on any atom is -0.372 e. The number of carbonyl (C=O) groups is 1. The van der Waals surface area contributed by atoms with Crippen LogP contribution >= 0.6 is 0 Å². The normalized spacial score (nSPS) is 34.8. The standard InChI is InChI=1S/C10H17NO2/c1-7-5-11(6-8(2)13-7)10(12)9-3-4-9/h7-9H,3-6H2,1-2H3/t7-,8+. The van der Waals surface area contributed by atoms with Gasteiger partial charge in [0.15, 0.2) is 0 Å². The summed E-state index contributed by atoms with van der Waals surface area (Å²) in [7, 11) is 0. The van der Waals surface area contributed by atoms with E-state index in [2.05, 4.69) is 0 Å². The molecule has 0 aromatic heterocycles. The van der Waals surface area contributed by atoms with Gasteiger partial charge < -0.3 is 9.64 Å². The van der Waals surface area contributed by atoms with Crippen molar-refractivity contribution in [2.24, 2.45) is 5.92 Å². The monoisotopic (exact) mass is 183 g/mol. The molecule has 0 spiro atoms. The zero-order valence-corrected chi connectivity index (χ0v) is 8.32. The summed E-state index contributed by atoms with van der Waals surface area (Å²) in [5.74, 6) is 0.694. The van der Waals surface area contributed by atoms with Crippen molar-refractivity contribution < 1.29 is 9.53 Å². The van der Waals surface area contributed by atoms with E-state index in [1.54, 1.807) is 0 Å². The maximum Gasteiger partial charge on any atom is 0.225 e. The van der Waals surface area contributed by atoms with Gasteiger partial charge in [0.25, 0.3) is 0 Å². The maximum atomic E-state index is 11.7. The van der Waals surface area contributed by atoms with E-state index in [0.717, 1.165) is 25.9 Å². The molecule has 1 aliphatic carbocycles. The first-order valence-corrected chi connectivity index (χ1v) is 5.11. The fourth-order valence-corrected chi connectivity index (χ4v) is 1.95. The molecule has 74 valence electrons. The van der Waals surface area contributed by atoms with Crippen LogP contribution in [0.5, 0.6) is 0 Å². The zero-order chi connectivity index (χ0) is 9.42. The average Bonchev–Trinajstić information content (AvgIpc) is 2.83. The second kappa shape index (κ2) is 3.29. The third-order valence-corrected chi connectivity index (χ3v) is 2.66. The Bertz CT molecular complexity index is 203. The van der Waals surface area contributed by atoms with Crippen LogP contribution in [0.1, 0.15) is 26.7 Å². The van der Waals surface area contributed by atoms with Gasteiger partial charge in [0.2, 0.25) is 5.91 Å². The minimum atomic E-state index is 0.200. The third kappa shape index (κ3) is 2.02. The van der Waals surface area contributed by atoms with Gasteiger partial charge in [0.1, 0.15) is 0 Å². The van der Waals surface area contributed by atoms with E-state index in [9.17, 15) is 4.79 Å². The summed E-state index contributed by atoms with van der Waals surface area (Å²) in [5.41, 5.74) is 0. The second-order valence-corrected chi connectivity index (χ2v) is 4.27. The Hall–Kier alpha value is -0.570. The molecule has 2 aliphatic rings. The zero-order valence-electron chi connectivity index (χ0n) is 8.32. The lowest BCUT2D eigenvalue weighted by Gasteiger charge is -2.35. The average molecular weight is 183 g/mol. The molecule has 0 aromatic rings. The highest BCUT2D eigenvalue weighted by Crippen LogP contribution is 2.31. The molecule has 1 saturated heterocycles. The molecule has 1 amide bonds. The summed E-state index contributed by atoms with van der Waals surface area (Å²) in [5, 5.41) is 0. The fourth-order valence-electron chi connectivity index (χ4n) is 1.95. The van der Waals surface area contributed by atoms with E-state index in [-0.39, 0.29) is 12.2 Å². The molecular formula is C10H17NO2. The summed E-state index contributed by atoms with van der Waals surface area (Å²) < 4.78 is 5.57. The van der Waals surface area contributed by atoms with Gasteiger partial charge >= 0.3 is 0 Å². The van der Waals surface area contributed by atoms with Crippen molar-refractivity contribution in [2.75, 3.05) is 13.1 Å². The highest BCUT2D eigenvalue weighted by molar-refractivity contribution is 5.81. The van der Waals surface area contributed by atoms with E-state index in [4.69, 9.17) is 4.74 Å². The van der Waals surface area contributed by atoms with Crippen molar-refractivity contribution in [2.45, 2.75) is 38.9 Å². The largest absolute Gasteiger partial charge is 0.372 e. The lowest BCUT2D eigenvalue weighted by Crippen LogP contribution is -2.48. The number of morpholine rings is 1. The molecular weight excluding hydrogens is 166 g/mol. The van der Waals surface area contributed by atoms with Crippen molar-refractivity contribution in [3.8, 4) is 0 Å². The van der Waals surface area contributed by atoms with Crippen LogP contribution in [0.3, 0.4) is 0 Å². The van der Waals surface area contributed by atoms with Gasteiger partial charge in [0, 0.05) is 19.0 Å². The second-order valence-electron chi connectivity index (χ2n) is 4.27. The van der Waals surface area contributed by atoms with Gasteiger partial charge in [-0.15, -0.1) is 0 Å². The van der Waals surface area contributed by atoms with Gasteiger partial charge in [0.05, 0.1) is 12.2 Å². The number of amides is 1. The number of rotatable bonds is 1. The highest BCUT2D eigenvalue weighted by Gasteiger charge is 2.36. The Labute approximate surface area is 79.0 Å². The number of ether oxygens (including phenoxy) is 1.